The van der Waals surface area contributed by atoms with E-state index in [1.165, 1.54) is 4.68 Å². The van der Waals surface area contributed by atoms with Crippen molar-refractivity contribution in [2.75, 3.05) is 26.9 Å². The third-order valence-corrected chi connectivity index (χ3v) is 2.27. The van der Waals surface area contributed by atoms with Crippen molar-refractivity contribution in [2.45, 2.75) is 19.9 Å². The van der Waals surface area contributed by atoms with E-state index in [1.54, 1.807) is 14.0 Å². The smallest absolute Gasteiger partial charge is 0.358 e. The number of aromatic carboxylic acids is 1. The van der Waals surface area contributed by atoms with Crippen LogP contribution in [0.3, 0.4) is 0 Å². The van der Waals surface area contributed by atoms with E-state index in [9.17, 15) is 4.79 Å². The van der Waals surface area contributed by atoms with Crippen molar-refractivity contribution in [2.24, 2.45) is 0 Å². The summed E-state index contributed by atoms with van der Waals surface area (Å²) in [6, 6.07) is 0. The van der Waals surface area contributed by atoms with E-state index in [-0.39, 0.29) is 5.69 Å². The second kappa shape index (κ2) is 6.97. The fourth-order valence-electron chi connectivity index (χ4n) is 1.33. The lowest BCUT2D eigenvalue weighted by Gasteiger charge is -2.05. The number of aromatic nitrogens is 3. The van der Waals surface area contributed by atoms with Gasteiger partial charge in [-0.05, 0) is 13.3 Å². The highest BCUT2D eigenvalue weighted by molar-refractivity contribution is 5.86. The maximum absolute atomic E-state index is 10.7. The molecule has 7 nitrogen and oxygen atoms in total. The van der Waals surface area contributed by atoms with Crippen molar-refractivity contribution in [1.29, 1.82) is 0 Å². The Hall–Kier alpha value is -1.47. The predicted octanol–water partition coefficient (Wildman–Crippen LogP) is 0.338. The molecule has 0 saturated carbocycles. The number of hydrogen-bond acceptors (Lipinski definition) is 5. The van der Waals surface area contributed by atoms with Gasteiger partial charge in [-0.25, -0.2) is 9.48 Å². The zero-order valence-corrected chi connectivity index (χ0v) is 10.0. The molecule has 0 unspecified atom stereocenters. The summed E-state index contributed by atoms with van der Waals surface area (Å²) >= 11 is 0. The molecule has 1 aromatic heterocycles. The number of rotatable bonds is 8. The maximum atomic E-state index is 10.7. The highest BCUT2D eigenvalue weighted by atomic mass is 16.5. The first kappa shape index (κ1) is 13.6. The van der Waals surface area contributed by atoms with Crippen LogP contribution in [0, 0.1) is 6.92 Å². The van der Waals surface area contributed by atoms with Gasteiger partial charge in [-0.3, -0.25) is 0 Å². The minimum absolute atomic E-state index is 0.00983. The van der Waals surface area contributed by atoms with Gasteiger partial charge in [-0.1, -0.05) is 5.21 Å². The Morgan fingerprint density at radius 2 is 2.18 bits per heavy atom. The summed E-state index contributed by atoms with van der Waals surface area (Å²) in [6.45, 7) is 3.94. The zero-order chi connectivity index (χ0) is 12.7. The van der Waals surface area contributed by atoms with Crippen LogP contribution < -0.4 is 0 Å². The number of hydrogen-bond donors (Lipinski definition) is 1. The van der Waals surface area contributed by atoms with Crippen molar-refractivity contribution in [3.8, 4) is 0 Å². The second-order valence-corrected chi connectivity index (χ2v) is 3.51. The molecule has 0 aliphatic rings. The Balaban J connectivity index is 2.30. The molecular formula is C10H17N3O4. The number of ether oxygens (including phenoxy) is 2. The first-order chi connectivity index (χ1) is 8.16. The molecule has 1 rings (SSSR count). The number of methoxy groups -OCH3 is 1. The third-order valence-electron chi connectivity index (χ3n) is 2.27. The van der Waals surface area contributed by atoms with Crippen LogP contribution in [-0.2, 0) is 16.0 Å². The van der Waals surface area contributed by atoms with Crippen molar-refractivity contribution in [3.63, 3.8) is 0 Å². The standard InChI is InChI=1S/C10H17N3O4/c1-8-9(10(14)15)11-12-13(8)4-7-17-6-3-5-16-2/h3-7H2,1-2H3,(H,14,15). The Labute approximate surface area is 99.3 Å². The van der Waals surface area contributed by atoms with Crippen LogP contribution in [-0.4, -0.2) is 53.0 Å². The first-order valence-electron chi connectivity index (χ1n) is 5.37. The monoisotopic (exact) mass is 243 g/mol. The summed E-state index contributed by atoms with van der Waals surface area (Å²) in [5, 5.41) is 16.1. The SMILES string of the molecule is COCCCOCCn1nnc(C(=O)O)c1C. The summed E-state index contributed by atoms with van der Waals surface area (Å²) in [7, 11) is 1.65. The van der Waals surface area contributed by atoms with Crippen LogP contribution in [0.2, 0.25) is 0 Å². The fourth-order valence-corrected chi connectivity index (χ4v) is 1.33. The average Bonchev–Trinajstić information content (AvgIpc) is 2.65. The molecular weight excluding hydrogens is 226 g/mol. The molecule has 0 radical (unpaired) electrons. The summed E-state index contributed by atoms with van der Waals surface area (Å²) in [6.07, 6.45) is 0.840. The van der Waals surface area contributed by atoms with Gasteiger partial charge in [0.1, 0.15) is 0 Å². The molecule has 96 valence electrons. The van der Waals surface area contributed by atoms with Gasteiger partial charge in [0.05, 0.1) is 18.8 Å². The molecule has 0 aliphatic heterocycles. The third kappa shape index (κ3) is 4.12. The number of carboxylic acids is 1. The van der Waals surface area contributed by atoms with Crippen LogP contribution in [0.15, 0.2) is 0 Å². The first-order valence-corrected chi connectivity index (χ1v) is 5.37. The quantitative estimate of drug-likeness (QED) is 0.662. The van der Waals surface area contributed by atoms with Gasteiger partial charge in [0.25, 0.3) is 0 Å². The summed E-state index contributed by atoms with van der Waals surface area (Å²) in [4.78, 5) is 10.7. The van der Waals surface area contributed by atoms with Crippen LogP contribution >= 0.6 is 0 Å². The molecule has 7 heteroatoms. The minimum atomic E-state index is -1.06. The van der Waals surface area contributed by atoms with Crippen LogP contribution in [0.25, 0.3) is 0 Å². The molecule has 0 bridgehead atoms. The van der Waals surface area contributed by atoms with Crippen molar-refractivity contribution < 1.29 is 19.4 Å². The van der Waals surface area contributed by atoms with E-state index in [0.29, 0.717) is 32.1 Å². The summed E-state index contributed by atoms with van der Waals surface area (Å²) in [5.74, 6) is -1.06. The van der Waals surface area contributed by atoms with Crippen LogP contribution in [0.4, 0.5) is 0 Å². The molecule has 0 amide bonds. The van der Waals surface area contributed by atoms with E-state index in [0.717, 1.165) is 6.42 Å². The molecule has 1 aromatic rings. The normalized spacial score (nSPS) is 10.7. The predicted molar refractivity (Wildman–Crippen MR) is 59.0 cm³/mol. The van der Waals surface area contributed by atoms with Gasteiger partial charge < -0.3 is 14.6 Å². The Kier molecular flexibility index (Phi) is 5.58. The number of nitrogens with zero attached hydrogens (tertiary/aromatic N) is 3. The maximum Gasteiger partial charge on any atom is 0.358 e. The molecule has 0 spiro atoms. The topological polar surface area (TPSA) is 86.5 Å². The van der Waals surface area contributed by atoms with Crippen molar-refractivity contribution in [1.82, 2.24) is 15.0 Å². The lowest BCUT2D eigenvalue weighted by Crippen LogP contribution is -2.11. The van der Waals surface area contributed by atoms with Gasteiger partial charge in [0.2, 0.25) is 0 Å². The zero-order valence-electron chi connectivity index (χ0n) is 10.0. The molecule has 0 fully saturated rings. The van der Waals surface area contributed by atoms with Gasteiger partial charge in [0, 0.05) is 20.3 Å². The highest BCUT2D eigenvalue weighted by Crippen LogP contribution is 2.03. The lowest BCUT2D eigenvalue weighted by molar-refractivity contribution is 0.0689. The largest absolute Gasteiger partial charge is 0.476 e. The Morgan fingerprint density at radius 3 is 2.76 bits per heavy atom. The number of carboxylic acid groups (broad SMARTS) is 1. The van der Waals surface area contributed by atoms with Gasteiger partial charge in [0.15, 0.2) is 5.69 Å². The van der Waals surface area contributed by atoms with Crippen LogP contribution in [0.5, 0.6) is 0 Å². The number of carbonyl (C=O) groups is 1. The molecule has 0 aromatic carbocycles. The summed E-state index contributed by atoms with van der Waals surface area (Å²) in [5.41, 5.74) is 0.530. The molecule has 0 saturated heterocycles. The molecule has 1 N–H and O–H groups in total. The second-order valence-electron chi connectivity index (χ2n) is 3.51. The summed E-state index contributed by atoms with van der Waals surface area (Å²) < 4.78 is 11.8. The van der Waals surface area contributed by atoms with Gasteiger partial charge in [-0.15, -0.1) is 5.10 Å². The van der Waals surface area contributed by atoms with Gasteiger partial charge >= 0.3 is 5.97 Å². The highest BCUT2D eigenvalue weighted by Gasteiger charge is 2.14. The Bertz CT molecular complexity index is 364. The Morgan fingerprint density at radius 1 is 1.41 bits per heavy atom. The van der Waals surface area contributed by atoms with E-state index in [2.05, 4.69) is 10.3 Å². The molecule has 17 heavy (non-hydrogen) atoms. The van der Waals surface area contributed by atoms with E-state index < -0.39 is 5.97 Å². The lowest BCUT2D eigenvalue weighted by atomic mass is 10.3. The van der Waals surface area contributed by atoms with Crippen molar-refractivity contribution >= 4 is 5.97 Å². The van der Waals surface area contributed by atoms with E-state index >= 15 is 0 Å². The molecule has 0 aliphatic carbocycles. The van der Waals surface area contributed by atoms with E-state index in [4.69, 9.17) is 14.6 Å². The molecule has 0 atom stereocenters. The van der Waals surface area contributed by atoms with E-state index in [1.807, 2.05) is 0 Å². The van der Waals surface area contributed by atoms with Crippen molar-refractivity contribution in [3.05, 3.63) is 11.4 Å². The fraction of sp³-hybridized carbons (Fsp3) is 0.700. The minimum Gasteiger partial charge on any atom is -0.476 e. The van der Waals surface area contributed by atoms with Crippen LogP contribution in [0.1, 0.15) is 22.6 Å². The van der Waals surface area contributed by atoms with Gasteiger partial charge in [-0.2, -0.15) is 0 Å². The average molecular weight is 243 g/mol. The molecule has 1 heterocycles.